The summed E-state index contributed by atoms with van der Waals surface area (Å²) < 4.78 is 44.9. The first-order valence-corrected chi connectivity index (χ1v) is 24.2. The number of aryl methyl sites for hydroxylation is 1. The number of nitrogens with zero attached hydrogens (tertiary/aromatic N) is 8. The van der Waals surface area contributed by atoms with Gasteiger partial charge in [-0.25, -0.2) is 23.5 Å². The normalized spacial score (nSPS) is 23.8. The number of hydrogen-bond acceptors (Lipinski definition) is 13. The second kappa shape index (κ2) is 20.0. The predicted molar refractivity (Wildman–Crippen MR) is 248 cm³/mol. The molecule has 362 valence electrons. The number of carbonyl (C=O) groups excluding carboxylic acids is 3. The van der Waals surface area contributed by atoms with Crippen LogP contribution in [0.2, 0.25) is 0 Å². The molecule has 3 aliphatic carbocycles. The Morgan fingerprint density at radius 3 is 2.47 bits per heavy atom. The number of hydrogen-bond donors (Lipinski definition) is 4. The fraction of sp³-hybridized carbons (Fsp3) is 0.562. The van der Waals surface area contributed by atoms with Gasteiger partial charge in [0.25, 0.3) is 12.3 Å². The Kier molecular flexibility index (Phi) is 13.5. The van der Waals surface area contributed by atoms with Gasteiger partial charge >= 0.3 is 5.69 Å². The largest absolute Gasteiger partial charge is 0.444 e. The number of pyridine rings is 1. The third kappa shape index (κ3) is 10.4. The van der Waals surface area contributed by atoms with E-state index < -0.39 is 30.0 Å². The minimum absolute atomic E-state index is 0.0232. The molecule has 5 fully saturated rings. The molecule has 4 N–H and O–H groups in total. The fourth-order valence-corrected chi connectivity index (χ4v) is 10.1. The van der Waals surface area contributed by atoms with Crippen molar-refractivity contribution >= 4 is 40.3 Å². The van der Waals surface area contributed by atoms with Crippen molar-refractivity contribution in [2.24, 2.45) is 18.9 Å². The second-order valence-electron chi connectivity index (χ2n) is 19.3. The SMILES string of the molecule is Cn1c(=O)n(C2CCC(=O)NC2=O)c2ccc(CN3CCN(CCO[C@H]4C[C@H](NC[C@H]5CC[C@H](n6cc(NC(=O)c7coc(-c8ccnc(NCC9CC9)c8)n7)c(C(F)F)n6)CC5)C4)CC3)cc21. The van der Waals surface area contributed by atoms with Crippen LogP contribution in [0.3, 0.4) is 0 Å². The van der Waals surface area contributed by atoms with Gasteiger partial charge in [-0.3, -0.25) is 43.3 Å². The number of anilines is 2. The first-order valence-electron chi connectivity index (χ1n) is 24.2. The minimum Gasteiger partial charge on any atom is -0.444 e. The number of ether oxygens (including phenoxy) is 1. The first-order chi connectivity index (χ1) is 33.0. The molecule has 18 nitrogen and oxygen atoms in total. The maximum Gasteiger partial charge on any atom is 0.329 e. The zero-order valence-corrected chi connectivity index (χ0v) is 38.4. The molecule has 20 heteroatoms. The molecule has 2 aliphatic heterocycles. The molecule has 5 aromatic rings. The molecule has 3 amide bonds. The highest BCUT2D eigenvalue weighted by molar-refractivity contribution is 6.03. The molecule has 0 spiro atoms. The summed E-state index contributed by atoms with van der Waals surface area (Å²) in [6, 6.07) is 9.22. The van der Waals surface area contributed by atoms with Gasteiger partial charge in [0.2, 0.25) is 17.7 Å². The van der Waals surface area contributed by atoms with Crippen LogP contribution < -0.4 is 27.0 Å². The molecule has 2 saturated heterocycles. The number of imidazole rings is 1. The lowest BCUT2D eigenvalue weighted by Crippen LogP contribution is -2.49. The number of fused-ring (bicyclic) bond motifs is 1. The van der Waals surface area contributed by atoms with Crippen LogP contribution in [0.25, 0.3) is 22.5 Å². The number of aromatic nitrogens is 6. The number of oxazole rings is 1. The summed E-state index contributed by atoms with van der Waals surface area (Å²) in [5, 5.41) is 16.3. The highest BCUT2D eigenvalue weighted by atomic mass is 19.3. The smallest absolute Gasteiger partial charge is 0.329 e. The van der Waals surface area contributed by atoms with E-state index in [2.05, 4.69) is 46.1 Å². The predicted octanol–water partition coefficient (Wildman–Crippen LogP) is 5.26. The Balaban J connectivity index is 0.610. The van der Waals surface area contributed by atoms with E-state index in [1.165, 1.54) is 29.9 Å². The van der Waals surface area contributed by atoms with Crippen LogP contribution in [-0.4, -0.2) is 121 Å². The lowest BCUT2D eigenvalue weighted by molar-refractivity contribution is -0.135. The summed E-state index contributed by atoms with van der Waals surface area (Å²) >= 11 is 0. The van der Waals surface area contributed by atoms with E-state index in [1.54, 1.807) is 34.6 Å². The third-order valence-electron chi connectivity index (χ3n) is 14.5. The van der Waals surface area contributed by atoms with Crippen molar-refractivity contribution in [1.29, 1.82) is 0 Å². The van der Waals surface area contributed by atoms with E-state index >= 15 is 0 Å². The number of amides is 3. The number of piperazine rings is 1. The van der Waals surface area contributed by atoms with Gasteiger partial charge < -0.3 is 25.1 Å². The average molecular weight is 939 g/mol. The third-order valence-corrected chi connectivity index (χ3v) is 14.5. The molecule has 1 unspecified atom stereocenters. The lowest BCUT2D eigenvalue weighted by atomic mass is 9.84. The van der Waals surface area contributed by atoms with Crippen molar-refractivity contribution in [1.82, 2.24) is 49.3 Å². The molecule has 6 heterocycles. The van der Waals surface area contributed by atoms with Gasteiger partial charge in [0.15, 0.2) is 11.4 Å². The molecule has 3 saturated carbocycles. The quantitative estimate of drug-likeness (QED) is 0.0831. The number of alkyl halides is 2. The zero-order chi connectivity index (χ0) is 46.9. The molecule has 1 atom stereocenters. The molecule has 5 aliphatic rings. The van der Waals surface area contributed by atoms with E-state index in [0.717, 1.165) is 102 Å². The van der Waals surface area contributed by atoms with Crippen molar-refractivity contribution in [2.75, 3.05) is 63.1 Å². The first kappa shape index (κ1) is 45.9. The van der Waals surface area contributed by atoms with Crippen molar-refractivity contribution in [3.63, 3.8) is 0 Å². The molecule has 10 rings (SSSR count). The van der Waals surface area contributed by atoms with Crippen LogP contribution >= 0.6 is 0 Å². The summed E-state index contributed by atoms with van der Waals surface area (Å²) in [7, 11) is 1.72. The maximum atomic E-state index is 14.2. The van der Waals surface area contributed by atoms with E-state index in [4.69, 9.17) is 9.15 Å². The van der Waals surface area contributed by atoms with Crippen molar-refractivity contribution in [2.45, 2.75) is 101 Å². The van der Waals surface area contributed by atoms with Crippen LogP contribution in [0.5, 0.6) is 0 Å². The maximum absolute atomic E-state index is 14.2. The van der Waals surface area contributed by atoms with Crippen molar-refractivity contribution in [3.05, 3.63) is 76.4 Å². The standard InChI is InChI=1S/C48H60F2N12O6/c1-58-40-20-31(6-9-38(40)62(48(58)66)39-10-11-42(63)56-46(39)65)26-60-16-14-59(15-17-60)18-19-67-35-22-33(23-35)52-24-30-4-7-34(8-5-30)61-27-36(43(57-61)44(49)50)54-45(64)37-28-68-47(55-37)32-12-13-51-41(21-32)53-25-29-2-3-29/h6,9,12-13,20-21,27-30,33-35,39,44,52H,2-5,7-8,10-11,14-19,22-26H2,1H3,(H,51,53)(H,54,64)(H,56,63,65)/t30-,33-,34-,35-,39?. The molecule has 0 bridgehead atoms. The monoisotopic (exact) mass is 938 g/mol. The van der Waals surface area contributed by atoms with E-state index in [-0.39, 0.29) is 47.4 Å². The fourth-order valence-electron chi connectivity index (χ4n) is 10.1. The Morgan fingerprint density at radius 2 is 1.71 bits per heavy atom. The Labute approximate surface area is 392 Å². The van der Waals surface area contributed by atoms with E-state index in [0.29, 0.717) is 47.8 Å². The summed E-state index contributed by atoms with van der Waals surface area (Å²) in [5.74, 6) is 0.701. The Hall–Kier alpha value is -5.83. The van der Waals surface area contributed by atoms with Crippen molar-refractivity contribution < 1.29 is 32.3 Å². The highest BCUT2D eigenvalue weighted by Crippen LogP contribution is 2.36. The minimum atomic E-state index is -2.86. The van der Waals surface area contributed by atoms with Gasteiger partial charge in [-0.05, 0) is 106 Å². The Morgan fingerprint density at radius 1 is 0.941 bits per heavy atom. The van der Waals surface area contributed by atoms with E-state index in [9.17, 15) is 28.0 Å². The van der Waals surface area contributed by atoms with Gasteiger partial charge in [0.1, 0.15) is 18.1 Å². The number of piperidine rings is 1. The number of nitrogens with one attached hydrogen (secondary N) is 4. The van der Waals surface area contributed by atoms with Gasteiger partial charge in [-0.1, -0.05) is 6.07 Å². The van der Waals surface area contributed by atoms with Crippen LogP contribution in [0.4, 0.5) is 20.3 Å². The summed E-state index contributed by atoms with van der Waals surface area (Å²) in [6.07, 6.45) is 10.3. The van der Waals surface area contributed by atoms with Crippen LogP contribution in [0.15, 0.2) is 58.2 Å². The van der Waals surface area contributed by atoms with Gasteiger partial charge in [0, 0.05) is 83.3 Å². The summed E-state index contributed by atoms with van der Waals surface area (Å²) in [6.45, 7) is 7.90. The number of benzene rings is 1. The number of halogens is 2. The second-order valence-corrected chi connectivity index (χ2v) is 19.3. The van der Waals surface area contributed by atoms with Crippen LogP contribution in [0.1, 0.15) is 104 Å². The summed E-state index contributed by atoms with van der Waals surface area (Å²) in [4.78, 5) is 64.1. The topological polar surface area (TPSA) is 199 Å². The Bertz CT molecular complexity index is 2670. The molecule has 68 heavy (non-hydrogen) atoms. The average Bonchev–Trinajstić information content (AvgIpc) is 3.74. The van der Waals surface area contributed by atoms with E-state index in [1.807, 2.05) is 18.2 Å². The number of imide groups is 1. The molecular weight excluding hydrogens is 879 g/mol. The van der Waals surface area contributed by atoms with Crippen molar-refractivity contribution in [3.8, 4) is 11.5 Å². The highest BCUT2D eigenvalue weighted by Gasteiger charge is 2.34. The zero-order valence-electron chi connectivity index (χ0n) is 38.4. The van der Waals surface area contributed by atoms with Crippen LogP contribution in [0, 0.1) is 11.8 Å². The van der Waals surface area contributed by atoms with Gasteiger partial charge in [-0.15, -0.1) is 0 Å². The van der Waals surface area contributed by atoms with Crippen LogP contribution in [-0.2, 0) is 27.9 Å². The van der Waals surface area contributed by atoms with Gasteiger partial charge in [0.05, 0.1) is 35.5 Å². The van der Waals surface area contributed by atoms with Gasteiger partial charge in [-0.2, -0.15) is 5.10 Å². The lowest BCUT2D eigenvalue weighted by Gasteiger charge is -2.38. The molecule has 0 radical (unpaired) electrons. The molecular formula is C48H60F2N12O6. The molecule has 1 aromatic carbocycles. The number of carbonyl (C=O) groups is 3. The summed E-state index contributed by atoms with van der Waals surface area (Å²) in [5.41, 5.74) is 2.46. The number of rotatable bonds is 18. The molecule has 4 aromatic heterocycles.